The lowest BCUT2D eigenvalue weighted by Gasteiger charge is -2.34. The van der Waals surface area contributed by atoms with Gasteiger partial charge in [0.15, 0.2) is 9.84 Å². The number of aliphatic hydroxyl groups excluding tert-OH is 1. The van der Waals surface area contributed by atoms with Crippen LogP contribution >= 0.6 is 15.9 Å². The minimum absolute atomic E-state index is 0.0625. The Hall–Kier alpha value is -1.28. The Kier molecular flexibility index (Phi) is 5.58. The van der Waals surface area contributed by atoms with Gasteiger partial charge >= 0.3 is 0 Å². The monoisotopic (exact) mass is 427 g/mol. The van der Waals surface area contributed by atoms with Crippen LogP contribution in [0.2, 0.25) is 0 Å². The van der Waals surface area contributed by atoms with Crippen LogP contribution in [0.3, 0.4) is 0 Å². The van der Waals surface area contributed by atoms with E-state index in [1.54, 1.807) is 0 Å². The molecule has 2 unspecified atom stereocenters. The first-order valence-corrected chi connectivity index (χ1v) is 10.4. The Morgan fingerprint density at radius 2 is 1.92 bits per heavy atom. The standard InChI is InChI=1S/C18H19BrFNO3S/c19-13-2-7-16-12(11-13)1-8-17(21-9-10-22)18(16)25(23,24)15-5-3-14(20)4-6-15/h2-7,11,17-18,21-22H,1,8-10H2. The SMILES string of the molecule is O=S(=O)(c1ccc(F)cc1)C1c2ccc(Br)cc2CCC1NCCO. The molecule has 134 valence electrons. The lowest BCUT2D eigenvalue weighted by atomic mass is 9.88. The highest BCUT2D eigenvalue weighted by molar-refractivity contribution is 9.10. The summed E-state index contributed by atoms with van der Waals surface area (Å²) >= 11 is 3.43. The van der Waals surface area contributed by atoms with E-state index < -0.39 is 20.9 Å². The van der Waals surface area contributed by atoms with Gasteiger partial charge in [0.1, 0.15) is 11.1 Å². The van der Waals surface area contributed by atoms with Crippen molar-refractivity contribution in [3.8, 4) is 0 Å². The zero-order valence-corrected chi connectivity index (χ0v) is 15.9. The maximum Gasteiger partial charge on any atom is 0.186 e. The van der Waals surface area contributed by atoms with Crippen molar-refractivity contribution >= 4 is 25.8 Å². The number of halogens is 2. The van der Waals surface area contributed by atoms with Gasteiger partial charge in [0, 0.05) is 17.1 Å². The predicted octanol–water partition coefficient (Wildman–Crippen LogP) is 3.00. The molecule has 1 aliphatic carbocycles. The Bertz CT molecular complexity index is 855. The molecule has 0 heterocycles. The molecule has 0 aliphatic heterocycles. The largest absolute Gasteiger partial charge is 0.395 e. The van der Waals surface area contributed by atoms with Gasteiger partial charge in [-0.15, -0.1) is 0 Å². The number of benzene rings is 2. The average molecular weight is 428 g/mol. The van der Waals surface area contributed by atoms with E-state index >= 15 is 0 Å². The van der Waals surface area contributed by atoms with Gasteiger partial charge in [-0.1, -0.05) is 22.0 Å². The minimum atomic E-state index is -3.71. The average Bonchev–Trinajstić information content (AvgIpc) is 2.59. The first kappa shape index (κ1) is 18.5. The molecule has 0 saturated carbocycles. The first-order chi connectivity index (χ1) is 11.9. The Morgan fingerprint density at radius 1 is 1.20 bits per heavy atom. The molecule has 1 aliphatic rings. The summed E-state index contributed by atoms with van der Waals surface area (Å²) in [7, 11) is -3.71. The van der Waals surface area contributed by atoms with Crippen LogP contribution in [0.15, 0.2) is 51.8 Å². The quantitative estimate of drug-likeness (QED) is 0.719. The summed E-state index contributed by atoms with van der Waals surface area (Å²) in [6.45, 7) is 0.263. The third kappa shape index (κ3) is 3.79. The maximum atomic E-state index is 13.3. The molecule has 4 nitrogen and oxygen atoms in total. The smallest absolute Gasteiger partial charge is 0.186 e. The molecule has 2 atom stereocenters. The van der Waals surface area contributed by atoms with E-state index in [-0.39, 0.29) is 17.5 Å². The van der Waals surface area contributed by atoms with Gasteiger partial charge in [-0.05, 0) is 60.4 Å². The molecule has 0 spiro atoms. The highest BCUT2D eigenvalue weighted by Crippen LogP contribution is 2.40. The number of rotatable bonds is 5. The van der Waals surface area contributed by atoms with Gasteiger partial charge < -0.3 is 10.4 Å². The van der Waals surface area contributed by atoms with Crippen molar-refractivity contribution in [1.29, 1.82) is 0 Å². The second-order valence-corrected chi connectivity index (χ2v) is 9.07. The zero-order valence-electron chi connectivity index (χ0n) is 13.5. The lowest BCUT2D eigenvalue weighted by Crippen LogP contribution is -2.43. The van der Waals surface area contributed by atoms with Crippen molar-refractivity contribution < 1.29 is 17.9 Å². The van der Waals surface area contributed by atoms with Crippen LogP contribution in [0.25, 0.3) is 0 Å². The zero-order chi connectivity index (χ0) is 18.0. The van der Waals surface area contributed by atoms with Crippen LogP contribution in [-0.2, 0) is 16.3 Å². The van der Waals surface area contributed by atoms with E-state index in [4.69, 9.17) is 5.11 Å². The van der Waals surface area contributed by atoms with E-state index in [0.29, 0.717) is 13.0 Å². The highest BCUT2D eigenvalue weighted by Gasteiger charge is 2.39. The second kappa shape index (κ2) is 7.53. The molecule has 0 bridgehead atoms. The molecule has 0 aromatic heterocycles. The Morgan fingerprint density at radius 3 is 2.60 bits per heavy atom. The molecule has 0 amide bonds. The summed E-state index contributed by atoms with van der Waals surface area (Å²) in [4.78, 5) is 0.102. The topological polar surface area (TPSA) is 66.4 Å². The minimum Gasteiger partial charge on any atom is -0.395 e. The fourth-order valence-electron chi connectivity index (χ4n) is 3.36. The van der Waals surface area contributed by atoms with Crippen LogP contribution in [0.5, 0.6) is 0 Å². The number of sulfone groups is 1. The highest BCUT2D eigenvalue weighted by atomic mass is 79.9. The van der Waals surface area contributed by atoms with E-state index in [0.717, 1.165) is 34.2 Å². The molecule has 3 rings (SSSR count). The summed E-state index contributed by atoms with van der Waals surface area (Å²) < 4.78 is 40.7. The Labute approximate surface area is 155 Å². The maximum absolute atomic E-state index is 13.3. The molecule has 25 heavy (non-hydrogen) atoms. The molecule has 2 aromatic rings. The van der Waals surface area contributed by atoms with Crippen molar-refractivity contribution in [2.45, 2.75) is 29.0 Å². The number of aryl methyl sites for hydroxylation is 1. The molecular formula is C18H19BrFNO3S. The van der Waals surface area contributed by atoms with E-state index in [2.05, 4.69) is 21.2 Å². The lowest BCUT2D eigenvalue weighted by molar-refractivity contribution is 0.278. The van der Waals surface area contributed by atoms with Crippen LogP contribution < -0.4 is 5.32 Å². The van der Waals surface area contributed by atoms with Crippen molar-refractivity contribution in [3.05, 3.63) is 63.9 Å². The van der Waals surface area contributed by atoms with E-state index in [1.165, 1.54) is 12.1 Å². The normalized spacial score (nSPS) is 20.3. The summed E-state index contributed by atoms with van der Waals surface area (Å²) in [6, 6.07) is 10.2. The van der Waals surface area contributed by atoms with Gasteiger partial charge in [0.2, 0.25) is 0 Å². The van der Waals surface area contributed by atoms with Gasteiger partial charge in [-0.25, -0.2) is 12.8 Å². The number of hydrogen-bond acceptors (Lipinski definition) is 4. The number of fused-ring (bicyclic) bond motifs is 1. The van der Waals surface area contributed by atoms with Crippen molar-refractivity contribution in [2.24, 2.45) is 0 Å². The van der Waals surface area contributed by atoms with Crippen molar-refractivity contribution in [1.82, 2.24) is 5.32 Å². The van der Waals surface area contributed by atoms with E-state index in [1.807, 2.05) is 18.2 Å². The third-order valence-corrected chi connectivity index (χ3v) is 7.17. The molecule has 0 fully saturated rings. The third-order valence-electron chi connectivity index (χ3n) is 4.50. The summed E-state index contributed by atoms with van der Waals surface area (Å²) in [5, 5.41) is 11.5. The second-order valence-electron chi connectivity index (χ2n) is 6.09. The van der Waals surface area contributed by atoms with Gasteiger partial charge in [-0.3, -0.25) is 0 Å². The van der Waals surface area contributed by atoms with Crippen LogP contribution in [-0.4, -0.2) is 32.7 Å². The molecule has 2 N–H and O–H groups in total. The van der Waals surface area contributed by atoms with Crippen LogP contribution in [0.1, 0.15) is 22.8 Å². The van der Waals surface area contributed by atoms with E-state index in [9.17, 15) is 12.8 Å². The van der Waals surface area contributed by atoms with Crippen LogP contribution in [0.4, 0.5) is 4.39 Å². The number of aliphatic hydroxyl groups is 1. The van der Waals surface area contributed by atoms with Crippen LogP contribution in [0, 0.1) is 5.82 Å². The van der Waals surface area contributed by atoms with Gasteiger partial charge in [-0.2, -0.15) is 0 Å². The fourth-order valence-corrected chi connectivity index (χ4v) is 5.81. The Balaban J connectivity index is 2.08. The van der Waals surface area contributed by atoms with Gasteiger partial charge in [0.05, 0.1) is 11.5 Å². The summed E-state index contributed by atoms with van der Waals surface area (Å²) in [5.41, 5.74) is 1.75. The number of nitrogens with one attached hydrogen (secondary N) is 1. The fraction of sp³-hybridized carbons (Fsp3) is 0.333. The van der Waals surface area contributed by atoms with Gasteiger partial charge in [0.25, 0.3) is 0 Å². The molecule has 0 radical (unpaired) electrons. The molecule has 2 aromatic carbocycles. The first-order valence-electron chi connectivity index (χ1n) is 8.05. The number of hydrogen-bond donors (Lipinski definition) is 2. The molecule has 0 saturated heterocycles. The van der Waals surface area contributed by atoms with Crippen molar-refractivity contribution in [2.75, 3.05) is 13.2 Å². The molecule has 7 heteroatoms. The molecular weight excluding hydrogens is 409 g/mol. The summed E-state index contributed by atoms with van der Waals surface area (Å²) in [5.74, 6) is -0.470. The summed E-state index contributed by atoms with van der Waals surface area (Å²) in [6.07, 6.45) is 1.40. The predicted molar refractivity (Wildman–Crippen MR) is 97.7 cm³/mol. The van der Waals surface area contributed by atoms with Crippen molar-refractivity contribution in [3.63, 3.8) is 0 Å².